The lowest BCUT2D eigenvalue weighted by Gasteiger charge is -2.43. The van der Waals surface area contributed by atoms with Crippen LogP contribution in [0.15, 0.2) is 60.7 Å². The summed E-state index contributed by atoms with van der Waals surface area (Å²) in [5, 5.41) is 0. The molecule has 1 aliphatic heterocycles. The van der Waals surface area contributed by atoms with Crippen LogP contribution in [0.25, 0.3) is 0 Å². The SMILES string of the molecule is CCC(=O)CCCCCCCC(=O)N1CCN(C(F)(c2ccccc2)c2ccccc2)CC1. The largest absolute Gasteiger partial charge is 0.340 e. The third-order valence-electron chi connectivity index (χ3n) is 6.62. The average molecular weight is 453 g/mol. The minimum absolute atomic E-state index is 0.166. The zero-order chi connectivity index (χ0) is 23.5. The van der Waals surface area contributed by atoms with Gasteiger partial charge in [-0.2, -0.15) is 0 Å². The van der Waals surface area contributed by atoms with Crippen molar-refractivity contribution < 1.29 is 14.0 Å². The molecule has 0 spiro atoms. The van der Waals surface area contributed by atoms with Crippen LogP contribution in [0.1, 0.15) is 69.4 Å². The van der Waals surface area contributed by atoms with E-state index in [4.69, 9.17) is 0 Å². The number of piperazine rings is 1. The predicted octanol–water partition coefficient (Wildman–Crippen LogP) is 5.71. The number of hydrogen-bond acceptors (Lipinski definition) is 3. The number of alkyl halides is 1. The van der Waals surface area contributed by atoms with E-state index in [0.717, 1.165) is 32.1 Å². The highest BCUT2D eigenvalue weighted by Gasteiger charge is 2.42. The second-order valence-electron chi connectivity index (χ2n) is 8.88. The summed E-state index contributed by atoms with van der Waals surface area (Å²) >= 11 is 0. The molecule has 0 unspecified atom stereocenters. The minimum atomic E-state index is -1.71. The molecule has 0 radical (unpaired) electrons. The van der Waals surface area contributed by atoms with Crippen LogP contribution < -0.4 is 0 Å². The van der Waals surface area contributed by atoms with Gasteiger partial charge in [0.05, 0.1) is 0 Å². The summed E-state index contributed by atoms with van der Waals surface area (Å²) in [6, 6.07) is 18.6. The molecule has 1 heterocycles. The van der Waals surface area contributed by atoms with Gasteiger partial charge in [0.25, 0.3) is 0 Å². The zero-order valence-corrected chi connectivity index (χ0v) is 19.8. The van der Waals surface area contributed by atoms with Crippen LogP contribution in [-0.4, -0.2) is 47.7 Å². The fourth-order valence-electron chi connectivity index (χ4n) is 4.58. The first-order valence-corrected chi connectivity index (χ1v) is 12.4. The second-order valence-corrected chi connectivity index (χ2v) is 8.88. The molecule has 0 saturated carbocycles. The van der Waals surface area contributed by atoms with Gasteiger partial charge in [0.2, 0.25) is 11.7 Å². The Labute approximate surface area is 197 Å². The summed E-state index contributed by atoms with van der Waals surface area (Å²) in [6.07, 6.45) is 6.82. The molecule has 0 N–H and O–H groups in total. The van der Waals surface area contributed by atoms with E-state index in [1.54, 1.807) is 0 Å². The maximum Gasteiger partial charge on any atom is 0.222 e. The smallest absolute Gasteiger partial charge is 0.222 e. The molecule has 1 saturated heterocycles. The number of amides is 1. The van der Waals surface area contributed by atoms with Crippen LogP contribution in [0.4, 0.5) is 4.39 Å². The van der Waals surface area contributed by atoms with Crippen LogP contribution in [0.2, 0.25) is 0 Å². The van der Waals surface area contributed by atoms with Crippen molar-refractivity contribution in [3.05, 3.63) is 71.8 Å². The number of rotatable bonds is 12. The summed E-state index contributed by atoms with van der Waals surface area (Å²) < 4.78 is 16.7. The first-order valence-electron chi connectivity index (χ1n) is 12.4. The number of ketones is 1. The fourth-order valence-corrected chi connectivity index (χ4v) is 4.58. The molecule has 0 aliphatic carbocycles. The van der Waals surface area contributed by atoms with Gasteiger partial charge in [-0.05, 0) is 12.8 Å². The zero-order valence-electron chi connectivity index (χ0n) is 19.8. The van der Waals surface area contributed by atoms with E-state index < -0.39 is 5.79 Å². The molecule has 178 valence electrons. The number of benzene rings is 2. The number of hydrogen-bond donors (Lipinski definition) is 0. The van der Waals surface area contributed by atoms with Crippen LogP contribution in [-0.2, 0) is 15.4 Å². The topological polar surface area (TPSA) is 40.6 Å². The highest BCUT2D eigenvalue weighted by Crippen LogP contribution is 2.38. The fraction of sp³-hybridized carbons (Fsp3) is 0.500. The van der Waals surface area contributed by atoms with Gasteiger partial charge in [0, 0.05) is 56.6 Å². The molecule has 1 amide bonds. The lowest BCUT2D eigenvalue weighted by atomic mass is 9.93. The van der Waals surface area contributed by atoms with Crippen LogP contribution in [0, 0.1) is 0 Å². The van der Waals surface area contributed by atoms with Crippen molar-refractivity contribution in [2.24, 2.45) is 0 Å². The Morgan fingerprint density at radius 1 is 0.758 bits per heavy atom. The third kappa shape index (κ3) is 6.73. The van der Waals surface area contributed by atoms with Gasteiger partial charge in [0.1, 0.15) is 5.78 Å². The lowest BCUT2D eigenvalue weighted by molar-refractivity contribution is -0.135. The monoisotopic (exact) mass is 452 g/mol. The van der Waals surface area contributed by atoms with Crippen molar-refractivity contribution in [1.82, 2.24) is 9.80 Å². The molecule has 4 nitrogen and oxygen atoms in total. The summed E-state index contributed by atoms with van der Waals surface area (Å²) in [4.78, 5) is 27.8. The van der Waals surface area contributed by atoms with Gasteiger partial charge in [-0.25, -0.2) is 4.39 Å². The van der Waals surface area contributed by atoms with Gasteiger partial charge in [-0.3, -0.25) is 14.5 Å². The van der Waals surface area contributed by atoms with E-state index >= 15 is 4.39 Å². The summed E-state index contributed by atoms with van der Waals surface area (Å²) in [7, 11) is 0. The Bertz CT molecular complexity index is 824. The van der Waals surface area contributed by atoms with Crippen LogP contribution in [0.3, 0.4) is 0 Å². The van der Waals surface area contributed by atoms with E-state index in [0.29, 0.717) is 62.4 Å². The average Bonchev–Trinajstić information content (AvgIpc) is 2.88. The summed E-state index contributed by atoms with van der Waals surface area (Å²) in [6.45, 7) is 3.99. The molecular formula is C28H37FN2O2. The first-order chi connectivity index (χ1) is 16.1. The predicted molar refractivity (Wildman–Crippen MR) is 131 cm³/mol. The van der Waals surface area contributed by atoms with Crippen LogP contribution >= 0.6 is 0 Å². The van der Waals surface area contributed by atoms with Crippen molar-refractivity contribution >= 4 is 11.7 Å². The molecule has 0 atom stereocenters. The third-order valence-corrected chi connectivity index (χ3v) is 6.62. The number of carbonyl (C=O) groups is 2. The summed E-state index contributed by atoms with van der Waals surface area (Å²) in [5.41, 5.74) is 1.24. The number of carbonyl (C=O) groups excluding carboxylic acids is 2. The van der Waals surface area contributed by atoms with E-state index in [9.17, 15) is 9.59 Å². The Morgan fingerprint density at radius 2 is 1.24 bits per heavy atom. The molecule has 33 heavy (non-hydrogen) atoms. The normalized spacial score (nSPS) is 14.9. The molecule has 5 heteroatoms. The number of halogens is 1. The minimum Gasteiger partial charge on any atom is -0.340 e. The highest BCUT2D eigenvalue weighted by molar-refractivity contribution is 5.77. The van der Waals surface area contributed by atoms with E-state index in [2.05, 4.69) is 0 Å². The molecule has 2 aromatic rings. The van der Waals surface area contributed by atoms with Gasteiger partial charge in [0.15, 0.2) is 0 Å². The molecule has 1 fully saturated rings. The van der Waals surface area contributed by atoms with E-state index in [-0.39, 0.29) is 5.91 Å². The van der Waals surface area contributed by atoms with Gasteiger partial charge in [-0.1, -0.05) is 86.8 Å². The Balaban J connectivity index is 1.49. The first kappa shape index (κ1) is 25.1. The molecule has 2 aromatic carbocycles. The second kappa shape index (κ2) is 12.6. The van der Waals surface area contributed by atoms with Crippen LogP contribution in [0.5, 0.6) is 0 Å². The quantitative estimate of drug-likeness (QED) is 0.306. The van der Waals surface area contributed by atoms with Crippen molar-refractivity contribution in [3.8, 4) is 0 Å². The van der Waals surface area contributed by atoms with E-state index in [1.807, 2.05) is 77.4 Å². The van der Waals surface area contributed by atoms with Gasteiger partial charge in [-0.15, -0.1) is 0 Å². The molecule has 0 bridgehead atoms. The molecule has 1 aliphatic rings. The Kier molecular flexibility index (Phi) is 9.61. The standard InChI is InChI=1S/C28H37FN2O2/c1-2-26(32)18-12-4-3-5-13-19-27(33)30-20-22-31(23-21-30)28(29,24-14-8-6-9-15-24)25-16-10-7-11-17-25/h6-11,14-17H,2-5,12-13,18-23H2,1H3. The van der Waals surface area contributed by atoms with Crippen molar-refractivity contribution in [2.45, 2.75) is 64.1 Å². The van der Waals surface area contributed by atoms with E-state index in [1.165, 1.54) is 0 Å². The maximum absolute atomic E-state index is 16.7. The van der Waals surface area contributed by atoms with Gasteiger partial charge < -0.3 is 4.90 Å². The Morgan fingerprint density at radius 3 is 1.76 bits per heavy atom. The summed E-state index contributed by atoms with van der Waals surface area (Å²) in [5.74, 6) is -1.21. The Hall–Kier alpha value is -2.53. The van der Waals surface area contributed by atoms with Crippen molar-refractivity contribution in [2.75, 3.05) is 26.2 Å². The van der Waals surface area contributed by atoms with Crippen molar-refractivity contribution in [3.63, 3.8) is 0 Å². The number of Topliss-reactive ketones (excluding diaryl/α,β-unsaturated/α-hetero) is 1. The molecule has 3 rings (SSSR count). The molecular weight excluding hydrogens is 415 g/mol. The lowest BCUT2D eigenvalue weighted by Crippen LogP contribution is -2.55. The van der Waals surface area contributed by atoms with Crippen molar-refractivity contribution in [1.29, 1.82) is 0 Å². The molecule has 0 aromatic heterocycles. The number of nitrogens with zero attached hydrogens (tertiary/aromatic N) is 2. The number of unbranched alkanes of at least 4 members (excludes halogenated alkanes) is 4. The highest BCUT2D eigenvalue weighted by atomic mass is 19.1. The van der Waals surface area contributed by atoms with Gasteiger partial charge >= 0.3 is 0 Å². The maximum atomic E-state index is 16.7.